The maximum Gasteiger partial charge on any atom is 0.323 e. The van der Waals surface area contributed by atoms with Gasteiger partial charge in [0.05, 0.1) is 0 Å². The van der Waals surface area contributed by atoms with E-state index in [1.807, 2.05) is 20.8 Å². The topological polar surface area (TPSA) is 78.6 Å². The molecule has 0 aromatic carbocycles. The molecule has 2 rings (SSSR count). The summed E-state index contributed by atoms with van der Waals surface area (Å²) in [5.41, 5.74) is -0.412. The summed E-state index contributed by atoms with van der Waals surface area (Å²) < 4.78 is 6.89. The van der Waals surface area contributed by atoms with Crippen LogP contribution in [0, 0.1) is 0 Å². The molecule has 7 nitrogen and oxygen atoms in total. The van der Waals surface area contributed by atoms with Crippen molar-refractivity contribution in [3.8, 4) is 12.0 Å². The summed E-state index contributed by atoms with van der Waals surface area (Å²) in [7, 11) is 0. The molecular formula is C9H11ClN6O. The van der Waals surface area contributed by atoms with E-state index in [-0.39, 0.29) is 17.2 Å². The molecule has 0 saturated carbocycles. The fraction of sp³-hybridized carbons (Fsp3) is 0.444. The van der Waals surface area contributed by atoms with Crippen LogP contribution >= 0.6 is 11.6 Å². The van der Waals surface area contributed by atoms with Crippen molar-refractivity contribution < 1.29 is 4.74 Å². The molecule has 17 heavy (non-hydrogen) atoms. The molecule has 0 bridgehead atoms. The quantitative estimate of drug-likeness (QED) is 0.803. The summed E-state index contributed by atoms with van der Waals surface area (Å²) >= 11 is 5.79. The monoisotopic (exact) mass is 254 g/mol. The highest BCUT2D eigenvalue weighted by Gasteiger charge is 2.16. The van der Waals surface area contributed by atoms with E-state index in [9.17, 15) is 0 Å². The van der Waals surface area contributed by atoms with Crippen LogP contribution in [0.2, 0.25) is 5.28 Å². The van der Waals surface area contributed by atoms with Gasteiger partial charge < -0.3 is 4.74 Å². The van der Waals surface area contributed by atoms with Gasteiger partial charge in [0.25, 0.3) is 5.95 Å². The van der Waals surface area contributed by atoms with Crippen LogP contribution in [0.1, 0.15) is 20.8 Å². The van der Waals surface area contributed by atoms with Crippen LogP contribution in [0.15, 0.2) is 12.7 Å². The zero-order valence-corrected chi connectivity index (χ0v) is 10.4. The molecule has 0 fully saturated rings. The molecule has 0 spiro atoms. The van der Waals surface area contributed by atoms with Gasteiger partial charge in [0.1, 0.15) is 18.3 Å². The predicted molar refractivity (Wildman–Crippen MR) is 60.1 cm³/mol. The van der Waals surface area contributed by atoms with Gasteiger partial charge >= 0.3 is 6.01 Å². The lowest BCUT2D eigenvalue weighted by atomic mass is 10.2. The molecule has 8 heteroatoms. The Morgan fingerprint density at radius 1 is 1.24 bits per heavy atom. The molecule has 0 amide bonds. The largest absolute Gasteiger partial charge is 0.458 e. The second-order valence-electron chi connectivity index (χ2n) is 4.24. The van der Waals surface area contributed by atoms with E-state index in [1.165, 1.54) is 17.3 Å². The van der Waals surface area contributed by atoms with Gasteiger partial charge in [-0.05, 0) is 32.4 Å². The van der Waals surface area contributed by atoms with Crippen molar-refractivity contribution in [1.29, 1.82) is 0 Å². The second-order valence-corrected chi connectivity index (χ2v) is 4.58. The van der Waals surface area contributed by atoms with Gasteiger partial charge in [0.15, 0.2) is 0 Å². The van der Waals surface area contributed by atoms with Crippen LogP contribution in [-0.2, 0) is 0 Å². The average molecular weight is 255 g/mol. The first-order valence-electron chi connectivity index (χ1n) is 4.90. The number of hydrogen-bond donors (Lipinski definition) is 0. The maximum atomic E-state index is 5.79. The first kappa shape index (κ1) is 11.7. The first-order valence-corrected chi connectivity index (χ1v) is 5.27. The zero-order valence-electron chi connectivity index (χ0n) is 9.62. The van der Waals surface area contributed by atoms with Crippen LogP contribution in [0.3, 0.4) is 0 Å². The van der Waals surface area contributed by atoms with Crippen molar-refractivity contribution in [2.75, 3.05) is 0 Å². The van der Waals surface area contributed by atoms with E-state index >= 15 is 0 Å². The predicted octanol–water partition coefficient (Wildman–Crippen LogP) is 1.28. The lowest BCUT2D eigenvalue weighted by Crippen LogP contribution is -2.24. The third-order valence-electron chi connectivity index (χ3n) is 1.60. The Labute approximate surface area is 103 Å². The maximum absolute atomic E-state index is 5.79. The van der Waals surface area contributed by atoms with Crippen LogP contribution in [0.4, 0.5) is 0 Å². The molecule has 0 unspecified atom stereocenters. The third-order valence-corrected chi connectivity index (χ3v) is 1.77. The number of rotatable bonds is 2. The van der Waals surface area contributed by atoms with Gasteiger partial charge in [0, 0.05) is 0 Å². The molecule has 0 aliphatic carbocycles. The summed E-state index contributed by atoms with van der Waals surface area (Å²) in [6, 6.07) is 0.156. The minimum absolute atomic E-state index is 0.0461. The van der Waals surface area contributed by atoms with E-state index in [1.54, 1.807) is 0 Å². The third kappa shape index (κ3) is 3.10. The van der Waals surface area contributed by atoms with E-state index in [0.717, 1.165) is 0 Å². The van der Waals surface area contributed by atoms with Crippen molar-refractivity contribution in [2.24, 2.45) is 0 Å². The van der Waals surface area contributed by atoms with Crippen LogP contribution in [0.5, 0.6) is 6.01 Å². The van der Waals surface area contributed by atoms with Gasteiger partial charge in [-0.15, -0.1) is 0 Å². The number of ether oxygens (including phenoxy) is 1. The van der Waals surface area contributed by atoms with Gasteiger partial charge in [0.2, 0.25) is 5.28 Å². The van der Waals surface area contributed by atoms with Crippen LogP contribution < -0.4 is 4.74 Å². The van der Waals surface area contributed by atoms with Gasteiger partial charge in [-0.2, -0.15) is 24.7 Å². The van der Waals surface area contributed by atoms with Crippen molar-refractivity contribution in [3.63, 3.8) is 0 Å². The molecule has 0 aliphatic rings. The molecule has 90 valence electrons. The fourth-order valence-electron chi connectivity index (χ4n) is 1.06. The minimum Gasteiger partial charge on any atom is -0.458 e. The lowest BCUT2D eigenvalue weighted by molar-refractivity contribution is 0.116. The molecule has 2 aromatic heterocycles. The number of halogens is 1. The van der Waals surface area contributed by atoms with E-state index < -0.39 is 5.60 Å². The molecule has 0 N–H and O–H groups in total. The molecule has 0 aliphatic heterocycles. The standard InChI is InChI=1S/C9H11ClN6O/c1-9(2,3)17-8-14-6(10)13-7(15-8)16-5-11-4-12-16/h4-5H,1-3H3. The Balaban J connectivity index is 2.36. The zero-order chi connectivity index (χ0) is 12.5. The van der Waals surface area contributed by atoms with Crippen molar-refractivity contribution in [3.05, 3.63) is 17.9 Å². The first-order chi connectivity index (χ1) is 7.94. The minimum atomic E-state index is -0.412. The van der Waals surface area contributed by atoms with Gasteiger partial charge in [-0.3, -0.25) is 0 Å². The number of nitrogens with zero attached hydrogens (tertiary/aromatic N) is 6. The highest BCUT2D eigenvalue weighted by molar-refractivity contribution is 6.28. The summed E-state index contributed by atoms with van der Waals surface area (Å²) in [5, 5.41) is 3.95. The summed E-state index contributed by atoms with van der Waals surface area (Å²) in [6.07, 6.45) is 2.84. The van der Waals surface area contributed by atoms with Crippen LogP contribution in [-0.4, -0.2) is 35.3 Å². The van der Waals surface area contributed by atoms with Crippen molar-refractivity contribution >= 4 is 11.6 Å². The fourth-order valence-corrected chi connectivity index (χ4v) is 1.20. The average Bonchev–Trinajstić information content (AvgIpc) is 2.65. The Morgan fingerprint density at radius 3 is 2.59 bits per heavy atom. The van der Waals surface area contributed by atoms with Crippen molar-refractivity contribution in [1.82, 2.24) is 29.7 Å². The highest BCUT2D eigenvalue weighted by Crippen LogP contribution is 2.15. The second kappa shape index (κ2) is 4.25. The van der Waals surface area contributed by atoms with E-state index in [4.69, 9.17) is 16.3 Å². The number of hydrogen-bond acceptors (Lipinski definition) is 6. The van der Waals surface area contributed by atoms with Gasteiger partial charge in [-0.25, -0.2) is 4.98 Å². The van der Waals surface area contributed by atoms with E-state index in [0.29, 0.717) is 0 Å². The normalized spacial score (nSPS) is 11.5. The Morgan fingerprint density at radius 2 is 2.00 bits per heavy atom. The number of aromatic nitrogens is 6. The van der Waals surface area contributed by atoms with E-state index in [2.05, 4.69) is 25.0 Å². The highest BCUT2D eigenvalue weighted by atomic mass is 35.5. The van der Waals surface area contributed by atoms with Crippen LogP contribution in [0.25, 0.3) is 5.95 Å². The molecular weight excluding hydrogens is 244 g/mol. The van der Waals surface area contributed by atoms with Gasteiger partial charge in [-0.1, -0.05) is 0 Å². The molecule has 0 saturated heterocycles. The Bertz CT molecular complexity index is 507. The van der Waals surface area contributed by atoms with Crippen molar-refractivity contribution in [2.45, 2.75) is 26.4 Å². The SMILES string of the molecule is CC(C)(C)Oc1nc(Cl)nc(-n2cncn2)n1. The Hall–Kier alpha value is -1.76. The lowest BCUT2D eigenvalue weighted by Gasteiger charge is -2.19. The molecule has 2 heterocycles. The molecule has 0 radical (unpaired) electrons. The molecule has 2 aromatic rings. The smallest absolute Gasteiger partial charge is 0.323 e. The Kier molecular flexibility index (Phi) is 2.93. The summed E-state index contributed by atoms with van der Waals surface area (Å²) in [5.74, 6) is 0.266. The molecule has 0 atom stereocenters. The summed E-state index contributed by atoms with van der Waals surface area (Å²) in [4.78, 5) is 15.7. The summed E-state index contributed by atoms with van der Waals surface area (Å²) in [6.45, 7) is 5.67.